The van der Waals surface area contributed by atoms with Crippen LogP contribution < -0.4 is 15.1 Å². The average molecular weight is 261 g/mol. The minimum Gasteiger partial charge on any atom is -0.539 e. The molecule has 0 fully saturated rings. The standard InChI is InChI=1S/C14H19N3O2/c1-11(2)17-13(14(18)19-16-17)10-15-9-8-12-6-4-3-5-7-12/h3-7,11,15H,8-10H2,1-2H3. The minimum atomic E-state index is -0.360. The second-order valence-electron chi connectivity index (χ2n) is 4.76. The van der Waals surface area contributed by atoms with Crippen molar-refractivity contribution in [2.75, 3.05) is 6.54 Å². The van der Waals surface area contributed by atoms with Crippen molar-refractivity contribution in [1.29, 1.82) is 0 Å². The molecule has 0 atom stereocenters. The smallest absolute Gasteiger partial charge is 0.247 e. The van der Waals surface area contributed by atoms with Crippen LogP contribution in [0.4, 0.5) is 0 Å². The summed E-state index contributed by atoms with van der Waals surface area (Å²) in [5.41, 5.74) is 1.85. The highest BCUT2D eigenvalue weighted by Gasteiger charge is 2.19. The molecule has 102 valence electrons. The summed E-state index contributed by atoms with van der Waals surface area (Å²) in [6, 6.07) is 10.4. The highest BCUT2D eigenvalue weighted by Crippen LogP contribution is 2.08. The molecule has 0 aliphatic heterocycles. The van der Waals surface area contributed by atoms with Crippen LogP contribution in [0, 0.1) is 0 Å². The molecule has 5 nitrogen and oxygen atoms in total. The van der Waals surface area contributed by atoms with Crippen molar-refractivity contribution in [3.8, 4) is 5.95 Å². The van der Waals surface area contributed by atoms with Crippen LogP contribution in [0.3, 0.4) is 0 Å². The van der Waals surface area contributed by atoms with E-state index in [0.29, 0.717) is 12.2 Å². The quantitative estimate of drug-likeness (QED) is 0.621. The molecular weight excluding hydrogens is 242 g/mol. The van der Waals surface area contributed by atoms with Crippen LogP contribution in [-0.4, -0.2) is 11.8 Å². The van der Waals surface area contributed by atoms with Gasteiger partial charge in [-0.1, -0.05) is 35.0 Å². The number of hydrogen-bond donors (Lipinski definition) is 1. The first-order chi connectivity index (χ1) is 9.18. The van der Waals surface area contributed by atoms with Crippen LogP contribution in [0.2, 0.25) is 0 Å². The van der Waals surface area contributed by atoms with E-state index in [9.17, 15) is 5.11 Å². The van der Waals surface area contributed by atoms with E-state index in [1.54, 1.807) is 4.68 Å². The van der Waals surface area contributed by atoms with E-state index in [2.05, 4.69) is 27.2 Å². The van der Waals surface area contributed by atoms with Crippen LogP contribution in [0.5, 0.6) is 5.95 Å². The average Bonchev–Trinajstić information content (AvgIpc) is 2.77. The Labute approximate surface area is 112 Å². The Morgan fingerprint density at radius 2 is 2.05 bits per heavy atom. The summed E-state index contributed by atoms with van der Waals surface area (Å²) < 4.78 is 6.31. The van der Waals surface area contributed by atoms with Crippen molar-refractivity contribution < 1.29 is 14.3 Å². The zero-order chi connectivity index (χ0) is 13.7. The van der Waals surface area contributed by atoms with Crippen LogP contribution in [0.1, 0.15) is 31.1 Å². The Hall–Kier alpha value is -1.88. The first-order valence-electron chi connectivity index (χ1n) is 6.50. The van der Waals surface area contributed by atoms with Gasteiger partial charge in [0, 0.05) is 0 Å². The predicted molar refractivity (Wildman–Crippen MR) is 68.4 cm³/mol. The fourth-order valence-corrected chi connectivity index (χ4v) is 1.92. The van der Waals surface area contributed by atoms with E-state index in [4.69, 9.17) is 0 Å². The molecule has 0 aliphatic carbocycles. The van der Waals surface area contributed by atoms with Crippen molar-refractivity contribution in [2.45, 2.75) is 32.9 Å². The molecule has 0 spiro atoms. The van der Waals surface area contributed by atoms with Gasteiger partial charge in [0.05, 0.1) is 11.8 Å². The highest BCUT2D eigenvalue weighted by atomic mass is 16.6. The van der Waals surface area contributed by atoms with Gasteiger partial charge in [0.25, 0.3) is 0 Å². The van der Waals surface area contributed by atoms with E-state index in [1.807, 2.05) is 32.0 Å². The highest BCUT2D eigenvalue weighted by molar-refractivity contribution is 5.14. The summed E-state index contributed by atoms with van der Waals surface area (Å²) in [5.74, 6) is -0.360. The molecule has 0 unspecified atom stereocenters. The van der Waals surface area contributed by atoms with E-state index >= 15 is 0 Å². The lowest BCUT2D eigenvalue weighted by atomic mass is 10.1. The Morgan fingerprint density at radius 3 is 2.74 bits per heavy atom. The van der Waals surface area contributed by atoms with Crippen molar-refractivity contribution in [2.24, 2.45) is 0 Å². The first-order valence-corrected chi connectivity index (χ1v) is 6.50. The SMILES string of the molecule is CC(C)[n+]1noc([O-])c1CNCCc1ccccc1. The van der Waals surface area contributed by atoms with Gasteiger partial charge in [0.1, 0.15) is 0 Å². The van der Waals surface area contributed by atoms with Gasteiger partial charge in [0.2, 0.25) is 5.69 Å². The normalized spacial score (nSPS) is 11.1. The number of nitrogens with zero attached hydrogens (tertiary/aromatic N) is 2. The van der Waals surface area contributed by atoms with E-state index in [1.165, 1.54) is 5.56 Å². The Bertz CT molecular complexity index is 509. The van der Waals surface area contributed by atoms with E-state index < -0.39 is 0 Å². The Balaban J connectivity index is 1.84. The topological polar surface area (TPSA) is 65.0 Å². The first kappa shape index (κ1) is 13.5. The molecule has 0 aliphatic rings. The summed E-state index contributed by atoms with van der Waals surface area (Å²) in [4.78, 5) is 0. The summed E-state index contributed by atoms with van der Waals surface area (Å²) in [5, 5.41) is 18.5. The van der Waals surface area contributed by atoms with Gasteiger partial charge in [-0.3, -0.25) is 0 Å². The zero-order valence-electron chi connectivity index (χ0n) is 11.3. The van der Waals surface area contributed by atoms with Crippen LogP contribution in [0.25, 0.3) is 0 Å². The second kappa shape index (κ2) is 6.33. The maximum atomic E-state index is 11.5. The summed E-state index contributed by atoms with van der Waals surface area (Å²) in [6.07, 6.45) is 0.933. The fourth-order valence-electron chi connectivity index (χ4n) is 1.92. The van der Waals surface area contributed by atoms with Crippen molar-refractivity contribution in [3.05, 3.63) is 41.6 Å². The van der Waals surface area contributed by atoms with Gasteiger partial charge in [0.15, 0.2) is 12.0 Å². The molecule has 5 heteroatoms. The van der Waals surface area contributed by atoms with Gasteiger partial charge in [-0.25, -0.2) is 0 Å². The lowest BCUT2D eigenvalue weighted by molar-refractivity contribution is -0.785. The predicted octanol–water partition coefficient (Wildman–Crippen LogP) is 0.949. The van der Waals surface area contributed by atoms with Gasteiger partial charge in [-0.05, 0) is 32.4 Å². The molecular formula is C14H19N3O2. The van der Waals surface area contributed by atoms with E-state index in [0.717, 1.165) is 13.0 Å². The van der Waals surface area contributed by atoms with Gasteiger partial charge in [-0.2, -0.15) is 0 Å². The maximum Gasteiger partial charge on any atom is 0.247 e. The molecule has 0 saturated heterocycles. The molecule has 0 saturated carbocycles. The zero-order valence-corrected chi connectivity index (χ0v) is 11.3. The number of nitrogens with one attached hydrogen (secondary N) is 1. The van der Waals surface area contributed by atoms with Crippen LogP contribution >= 0.6 is 0 Å². The lowest BCUT2D eigenvalue weighted by Gasteiger charge is -2.04. The Kier molecular flexibility index (Phi) is 4.52. The van der Waals surface area contributed by atoms with Crippen LogP contribution in [-0.2, 0) is 13.0 Å². The third-order valence-corrected chi connectivity index (χ3v) is 2.94. The molecule has 0 bridgehead atoms. The molecule has 1 heterocycles. The minimum absolute atomic E-state index is 0.123. The van der Waals surface area contributed by atoms with Crippen molar-refractivity contribution >= 4 is 0 Å². The molecule has 19 heavy (non-hydrogen) atoms. The third-order valence-electron chi connectivity index (χ3n) is 2.94. The molecule has 2 aromatic rings. The van der Waals surface area contributed by atoms with E-state index in [-0.39, 0.29) is 12.0 Å². The summed E-state index contributed by atoms with van der Waals surface area (Å²) in [6.45, 7) is 5.23. The van der Waals surface area contributed by atoms with Gasteiger partial charge >= 0.3 is 0 Å². The molecule has 1 aromatic heterocycles. The molecule has 1 N–H and O–H groups in total. The van der Waals surface area contributed by atoms with Gasteiger partial charge < -0.3 is 14.9 Å². The van der Waals surface area contributed by atoms with Crippen molar-refractivity contribution in [3.63, 3.8) is 0 Å². The Morgan fingerprint density at radius 1 is 1.32 bits per heavy atom. The van der Waals surface area contributed by atoms with Crippen LogP contribution in [0.15, 0.2) is 34.9 Å². The third kappa shape index (κ3) is 3.54. The second-order valence-corrected chi connectivity index (χ2v) is 4.76. The van der Waals surface area contributed by atoms with Crippen molar-refractivity contribution in [1.82, 2.24) is 10.6 Å². The molecule has 1 aromatic carbocycles. The number of rotatable bonds is 6. The number of benzene rings is 1. The van der Waals surface area contributed by atoms with Gasteiger partial charge in [-0.15, -0.1) is 0 Å². The molecule has 2 rings (SSSR count). The number of aromatic nitrogens is 2. The maximum absolute atomic E-state index is 11.5. The number of hydrogen-bond acceptors (Lipinski definition) is 4. The summed E-state index contributed by atoms with van der Waals surface area (Å²) in [7, 11) is 0. The molecule has 0 radical (unpaired) electrons. The summed E-state index contributed by atoms with van der Waals surface area (Å²) >= 11 is 0. The largest absolute Gasteiger partial charge is 0.539 e. The molecule has 0 amide bonds. The monoisotopic (exact) mass is 261 g/mol. The lowest BCUT2D eigenvalue weighted by Crippen LogP contribution is -2.43. The fraction of sp³-hybridized carbons (Fsp3) is 0.429.